The normalized spacial score (nSPS) is 11.9. The zero-order valence-electron chi connectivity index (χ0n) is 11.4. The Balaban J connectivity index is 2.05. The van der Waals surface area contributed by atoms with Gasteiger partial charge in [-0.3, -0.25) is 10.1 Å². The van der Waals surface area contributed by atoms with Gasteiger partial charge in [-0.25, -0.2) is 0 Å². The third-order valence-electron chi connectivity index (χ3n) is 2.63. The molecule has 110 valence electrons. The van der Waals surface area contributed by atoms with Crippen molar-refractivity contribution in [2.24, 2.45) is 0 Å². The van der Waals surface area contributed by atoms with Crippen molar-refractivity contribution in [1.82, 2.24) is 10.2 Å². The SMILES string of the molecule is C=CCNc1nnc(S[C@@H](C)c2cccc([N+](=O)[O-])c2)s1. The van der Waals surface area contributed by atoms with E-state index in [1.54, 1.807) is 18.2 Å². The van der Waals surface area contributed by atoms with E-state index in [0.717, 1.165) is 15.0 Å². The van der Waals surface area contributed by atoms with Crippen LogP contribution in [0.1, 0.15) is 17.7 Å². The minimum Gasteiger partial charge on any atom is -0.357 e. The molecule has 21 heavy (non-hydrogen) atoms. The molecule has 0 fully saturated rings. The molecule has 0 radical (unpaired) electrons. The lowest BCUT2D eigenvalue weighted by Crippen LogP contribution is -1.96. The number of aromatic nitrogens is 2. The lowest BCUT2D eigenvalue weighted by molar-refractivity contribution is -0.384. The Morgan fingerprint density at radius 2 is 2.38 bits per heavy atom. The van der Waals surface area contributed by atoms with E-state index >= 15 is 0 Å². The number of nitrogens with one attached hydrogen (secondary N) is 1. The van der Waals surface area contributed by atoms with E-state index in [4.69, 9.17) is 0 Å². The molecule has 1 heterocycles. The molecule has 0 aliphatic heterocycles. The predicted molar refractivity (Wildman–Crippen MR) is 86.0 cm³/mol. The molecule has 0 bridgehead atoms. The van der Waals surface area contributed by atoms with Crippen LogP contribution in [0.5, 0.6) is 0 Å². The summed E-state index contributed by atoms with van der Waals surface area (Å²) in [7, 11) is 0. The average Bonchev–Trinajstić information content (AvgIpc) is 2.92. The molecule has 0 aliphatic rings. The third kappa shape index (κ3) is 4.27. The van der Waals surface area contributed by atoms with Crippen LogP contribution in [0.15, 0.2) is 41.3 Å². The molecule has 0 spiro atoms. The summed E-state index contributed by atoms with van der Waals surface area (Å²) >= 11 is 2.98. The number of hydrogen-bond donors (Lipinski definition) is 1. The number of anilines is 1. The number of nitro groups is 1. The van der Waals surface area contributed by atoms with Gasteiger partial charge in [0.1, 0.15) is 0 Å². The number of hydrogen-bond acceptors (Lipinski definition) is 7. The van der Waals surface area contributed by atoms with Gasteiger partial charge >= 0.3 is 0 Å². The Morgan fingerprint density at radius 1 is 1.57 bits per heavy atom. The maximum atomic E-state index is 10.8. The highest BCUT2D eigenvalue weighted by molar-refractivity contribution is 8.01. The van der Waals surface area contributed by atoms with E-state index in [0.29, 0.717) is 6.54 Å². The van der Waals surface area contributed by atoms with Crippen LogP contribution >= 0.6 is 23.1 Å². The molecule has 0 saturated heterocycles. The van der Waals surface area contributed by atoms with Crippen molar-refractivity contribution in [1.29, 1.82) is 0 Å². The van der Waals surface area contributed by atoms with E-state index in [1.165, 1.54) is 29.2 Å². The van der Waals surface area contributed by atoms with Gasteiger partial charge in [-0.05, 0) is 12.5 Å². The van der Waals surface area contributed by atoms with Gasteiger partial charge in [-0.1, -0.05) is 41.3 Å². The fraction of sp³-hybridized carbons (Fsp3) is 0.231. The maximum Gasteiger partial charge on any atom is 0.269 e. The Kier molecular flexibility index (Phi) is 5.29. The molecule has 1 N–H and O–H groups in total. The first-order valence-electron chi connectivity index (χ1n) is 6.19. The molecule has 1 atom stereocenters. The predicted octanol–water partition coefficient (Wildman–Crippen LogP) is 3.90. The lowest BCUT2D eigenvalue weighted by atomic mass is 10.1. The van der Waals surface area contributed by atoms with E-state index in [9.17, 15) is 10.1 Å². The smallest absolute Gasteiger partial charge is 0.269 e. The van der Waals surface area contributed by atoms with Crippen molar-refractivity contribution in [3.63, 3.8) is 0 Å². The second-order valence-electron chi connectivity index (χ2n) is 4.15. The summed E-state index contributed by atoms with van der Waals surface area (Å²) in [6.45, 7) is 6.25. The van der Waals surface area contributed by atoms with E-state index in [2.05, 4.69) is 22.1 Å². The summed E-state index contributed by atoms with van der Waals surface area (Å²) in [4.78, 5) is 10.4. The highest BCUT2D eigenvalue weighted by Gasteiger charge is 2.14. The molecule has 2 rings (SSSR count). The average molecular weight is 322 g/mol. The highest BCUT2D eigenvalue weighted by atomic mass is 32.2. The van der Waals surface area contributed by atoms with E-state index in [-0.39, 0.29) is 15.9 Å². The number of nitrogens with zero attached hydrogens (tertiary/aromatic N) is 3. The van der Waals surface area contributed by atoms with Crippen LogP contribution in [-0.2, 0) is 0 Å². The molecule has 8 heteroatoms. The van der Waals surface area contributed by atoms with Crippen molar-refractivity contribution in [3.8, 4) is 0 Å². The quantitative estimate of drug-likeness (QED) is 0.360. The van der Waals surface area contributed by atoms with Crippen LogP contribution in [0.4, 0.5) is 10.8 Å². The second-order valence-corrected chi connectivity index (χ2v) is 6.72. The third-order valence-corrected chi connectivity index (χ3v) is 4.76. The minimum atomic E-state index is -0.386. The summed E-state index contributed by atoms with van der Waals surface area (Å²) in [5, 5.41) is 22.8. The molecule has 0 amide bonds. The Bertz CT molecular complexity index is 645. The number of rotatable bonds is 7. The zero-order chi connectivity index (χ0) is 15.2. The van der Waals surface area contributed by atoms with Crippen LogP contribution in [0, 0.1) is 10.1 Å². The van der Waals surface area contributed by atoms with Gasteiger partial charge in [0.05, 0.1) is 4.92 Å². The minimum absolute atomic E-state index is 0.0603. The van der Waals surface area contributed by atoms with Crippen LogP contribution in [0.2, 0.25) is 0 Å². The maximum absolute atomic E-state index is 10.8. The summed E-state index contributed by atoms with van der Waals surface area (Å²) in [6.07, 6.45) is 1.75. The summed E-state index contributed by atoms with van der Waals surface area (Å²) in [6, 6.07) is 6.66. The monoisotopic (exact) mass is 322 g/mol. The fourth-order valence-electron chi connectivity index (χ4n) is 1.60. The second kappa shape index (κ2) is 7.19. The van der Waals surface area contributed by atoms with Gasteiger partial charge in [0, 0.05) is 23.9 Å². The van der Waals surface area contributed by atoms with Crippen molar-refractivity contribution < 1.29 is 4.92 Å². The largest absolute Gasteiger partial charge is 0.357 e. The van der Waals surface area contributed by atoms with Crippen LogP contribution < -0.4 is 5.32 Å². The number of benzene rings is 1. The first-order chi connectivity index (χ1) is 10.1. The molecule has 1 aromatic heterocycles. The fourth-order valence-corrected chi connectivity index (χ4v) is 3.62. The van der Waals surface area contributed by atoms with Gasteiger partial charge < -0.3 is 5.32 Å². The van der Waals surface area contributed by atoms with Gasteiger partial charge in [0.2, 0.25) is 5.13 Å². The van der Waals surface area contributed by atoms with Crippen molar-refractivity contribution >= 4 is 33.9 Å². The van der Waals surface area contributed by atoms with Crippen molar-refractivity contribution in [2.45, 2.75) is 16.5 Å². The Labute approximate surface area is 130 Å². The van der Waals surface area contributed by atoms with Gasteiger partial charge in [0.25, 0.3) is 5.69 Å². The first-order valence-corrected chi connectivity index (χ1v) is 7.89. The standard InChI is InChI=1S/C13H14N4O2S2/c1-3-7-14-12-15-16-13(21-12)20-9(2)10-5-4-6-11(8-10)17(18)19/h3-6,8-9H,1,7H2,2H3,(H,14,15)/t9-/m0/s1. The molecule has 1 aromatic carbocycles. The van der Waals surface area contributed by atoms with Crippen LogP contribution in [-0.4, -0.2) is 21.7 Å². The van der Waals surface area contributed by atoms with Crippen molar-refractivity contribution in [2.75, 3.05) is 11.9 Å². The zero-order valence-corrected chi connectivity index (χ0v) is 13.0. The highest BCUT2D eigenvalue weighted by Crippen LogP contribution is 2.38. The lowest BCUT2D eigenvalue weighted by Gasteiger charge is -2.08. The molecule has 0 unspecified atom stereocenters. The van der Waals surface area contributed by atoms with Gasteiger partial charge in [-0.15, -0.1) is 16.8 Å². The number of thioether (sulfide) groups is 1. The van der Waals surface area contributed by atoms with E-state index in [1.807, 2.05) is 13.0 Å². The molecular weight excluding hydrogens is 308 g/mol. The topological polar surface area (TPSA) is 81.0 Å². The van der Waals surface area contributed by atoms with E-state index < -0.39 is 0 Å². The number of nitro benzene ring substituents is 1. The molecule has 0 saturated carbocycles. The Hall–Kier alpha value is -1.93. The Morgan fingerprint density at radius 3 is 3.10 bits per heavy atom. The first kappa shape index (κ1) is 15.5. The van der Waals surface area contributed by atoms with Crippen LogP contribution in [0.25, 0.3) is 0 Å². The van der Waals surface area contributed by atoms with Crippen molar-refractivity contribution in [3.05, 3.63) is 52.6 Å². The van der Waals surface area contributed by atoms with Gasteiger partial charge in [0.15, 0.2) is 4.34 Å². The summed E-state index contributed by atoms with van der Waals surface area (Å²) in [5.74, 6) is 0. The molecule has 0 aliphatic carbocycles. The molecule has 6 nitrogen and oxygen atoms in total. The van der Waals surface area contributed by atoms with Crippen LogP contribution in [0.3, 0.4) is 0 Å². The molecule has 2 aromatic rings. The summed E-state index contributed by atoms with van der Waals surface area (Å²) in [5.41, 5.74) is 0.996. The number of non-ortho nitro benzene ring substituents is 1. The summed E-state index contributed by atoms with van der Waals surface area (Å²) < 4.78 is 0.820. The molecular formula is C13H14N4O2S2. The van der Waals surface area contributed by atoms with Gasteiger partial charge in [-0.2, -0.15) is 0 Å².